The number of halogens is 1. The highest BCUT2D eigenvalue weighted by molar-refractivity contribution is 9.09. The molecule has 0 saturated carbocycles. The van der Waals surface area contributed by atoms with Crippen LogP contribution in [0.4, 0.5) is 0 Å². The van der Waals surface area contributed by atoms with Crippen molar-refractivity contribution in [3.05, 3.63) is 35.9 Å². The zero-order chi connectivity index (χ0) is 23.0. The van der Waals surface area contributed by atoms with Crippen LogP contribution in [0.15, 0.2) is 30.3 Å². The molecule has 3 aliphatic rings. The Morgan fingerprint density at radius 1 is 1.28 bits per heavy atom. The van der Waals surface area contributed by atoms with Crippen LogP contribution in [0.1, 0.15) is 32.3 Å². The third-order valence-corrected chi connectivity index (χ3v) is 10.1. The maximum Gasteiger partial charge on any atom is 0.244 e. The molecule has 3 N–H and O–H groups in total. The van der Waals surface area contributed by atoms with E-state index in [0.29, 0.717) is 19.5 Å². The van der Waals surface area contributed by atoms with Crippen molar-refractivity contribution in [1.82, 2.24) is 15.5 Å². The fraction of sp³-hybridized carbons (Fsp3) is 0.609. The molecule has 2 bridgehead atoms. The van der Waals surface area contributed by atoms with Gasteiger partial charge in [-0.05, 0) is 25.3 Å². The average molecular weight is 524 g/mol. The maximum absolute atomic E-state index is 13.7. The van der Waals surface area contributed by atoms with E-state index >= 15 is 0 Å². The zero-order valence-electron chi connectivity index (χ0n) is 18.3. The summed E-state index contributed by atoms with van der Waals surface area (Å²) in [5, 5.41) is 15.8. The minimum absolute atomic E-state index is 0.0442. The molecule has 0 radical (unpaired) electrons. The number of nitrogens with one attached hydrogen (secondary N) is 2. The molecule has 1 aromatic rings. The smallest absolute Gasteiger partial charge is 0.244 e. The lowest BCUT2D eigenvalue weighted by Gasteiger charge is -2.36. The fourth-order valence-electron chi connectivity index (χ4n) is 5.48. The molecule has 3 heterocycles. The molecule has 7 atom stereocenters. The summed E-state index contributed by atoms with van der Waals surface area (Å²) in [6, 6.07) is 8.38. The van der Waals surface area contributed by atoms with Crippen LogP contribution in [-0.4, -0.2) is 67.8 Å². The van der Waals surface area contributed by atoms with Gasteiger partial charge in [0.05, 0.1) is 29.2 Å². The van der Waals surface area contributed by atoms with Crippen LogP contribution in [0.3, 0.4) is 0 Å². The molecule has 174 valence electrons. The number of rotatable bonds is 8. The Morgan fingerprint density at radius 2 is 2.00 bits per heavy atom. The highest BCUT2D eigenvalue weighted by Gasteiger charge is 2.75. The molecule has 3 amide bonds. The molecule has 1 aromatic carbocycles. The molecule has 3 fully saturated rings. The fourth-order valence-corrected chi connectivity index (χ4v) is 9.08. The van der Waals surface area contributed by atoms with E-state index in [1.54, 1.807) is 23.6 Å². The first kappa shape index (κ1) is 23.6. The number of thioether (sulfide) groups is 1. The summed E-state index contributed by atoms with van der Waals surface area (Å²) >= 11 is 5.35. The number of carbonyl (C=O) groups excluding carboxylic acids is 3. The molecule has 3 saturated heterocycles. The molecular formula is C23H30BrN3O4S. The van der Waals surface area contributed by atoms with Gasteiger partial charge in [-0.2, -0.15) is 0 Å². The van der Waals surface area contributed by atoms with Crippen molar-refractivity contribution in [1.29, 1.82) is 0 Å². The summed E-state index contributed by atoms with van der Waals surface area (Å²) in [6.07, 6.45) is 1.45. The van der Waals surface area contributed by atoms with E-state index in [2.05, 4.69) is 26.6 Å². The number of carbonyl (C=O) groups is 3. The third-order valence-electron chi connectivity index (χ3n) is 6.88. The number of fused-ring (bicyclic) bond motifs is 1. The van der Waals surface area contributed by atoms with Crippen LogP contribution < -0.4 is 10.6 Å². The molecule has 1 spiro atoms. The minimum atomic E-state index is -0.732. The highest BCUT2D eigenvalue weighted by atomic mass is 79.9. The molecule has 0 aliphatic carbocycles. The number of nitrogens with zero attached hydrogens (tertiary/aromatic N) is 1. The lowest BCUT2D eigenvalue weighted by atomic mass is 9.70. The van der Waals surface area contributed by atoms with Crippen molar-refractivity contribution in [2.24, 2.45) is 11.8 Å². The van der Waals surface area contributed by atoms with Gasteiger partial charge in [-0.25, -0.2) is 0 Å². The Balaban J connectivity index is 1.66. The van der Waals surface area contributed by atoms with Crippen LogP contribution in [0, 0.1) is 11.8 Å². The minimum Gasteiger partial charge on any atom is -0.394 e. The molecule has 3 aliphatic heterocycles. The van der Waals surface area contributed by atoms with Crippen LogP contribution in [0.25, 0.3) is 0 Å². The Bertz CT molecular complexity index is 887. The van der Waals surface area contributed by atoms with Crippen LogP contribution >= 0.6 is 27.7 Å². The van der Waals surface area contributed by atoms with E-state index < -0.39 is 28.7 Å². The quantitative estimate of drug-likeness (QED) is 0.450. The summed E-state index contributed by atoms with van der Waals surface area (Å²) < 4.78 is -0.686. The van der Waals surface area contributed by atoms with Crippen LogP contribution in [0.2, 0.25) is 0 Å². The number of benzene rings is 1. The second kappa shape index (κ2) is 9.35. The number of aliphatic hydroxyl groups is 1. The van der Waals surface area contributed by atoms with Crippen molar-refractivity contribution < 1.29 is 19.5 Å². The van der Waals surface area contributed by atoms with E-state index in [-0.39, 0.29) is 34.4 Å². The lowest BCUT2D eigenvalue weighted by molar-refractivity contribution is -0.142. The van der Waals surface area contributed by atoms with Gasteiger partial charge in [0, 0.05) is 23.2 Å². The van der Waals surface area contributed by atoms with Gasteiger partial charge < -0.3 is 20.6 Å². The standard InChI is InChI=1S/C23H30BrN3O4S/c1-3-9-25-20(29)16-17-22(31)27(13(2)12-28)19(23(17)10-15(24)18(16)32-23)21(30)26-11-14-7-5-4-6-8-14/h4-8,13,15-19,28H,3,9-12H2,1-2H3,(H,25,29)(H,26,30)/t13-,15?,16-,17+,18-,19?,23?/m1/s1. The summed E-state index contributed by atoms with van der Waals surface area (Å²) in [7, 11) is 0. The zero-order valence-corrected chi connectivity index (χ0v) is 20.7. The topological polar surface area (TPSA) is 98.7 Å². The molecule has 3 unspecified atom stereocenters. The summed E-state index contributed by atoms with van der Waals surface area (Å²) in [5.41, 5.74) is 0.972. The Labute approximate surface area is 201 Å². The van der Waals surface area contributed by atoms with Crippen molar-refractivity contribution in [3.63, 3.8) is 0 Å². The van der Waals surface area contributed by atoms with Crippen molar-refractivity contribution in [2.75, 3.05) is 13.2 Å². The summed E-state index contributed by atoms with van der Waals surface area (Å²) in [6.45, 7) is 4.42. The maximum atomic E-state index is 13.7. The highest BCUT2D eigenvalue weighted by Crippen LogP contribution is 2.67. The Kier molecular flexibility index (Phi) is 6.89. The molecule has 32 heavy (non-hydrogen) atoms. The number of amides is 3. The molecule has 7 nitrogen and oxygen atoms in total. The molecule has 9 heteroatoms. The largest absolute Gasteiger partial charge is 0.394 e. The van der Waals surface area contributed by atoms with Crippen molar-refractivity contribution >= 4 is 45.4 Å². The van der Waals surface area contributed by atoms with Gasteiger partial charge in [0.15, 0.2) is 0 Å². The second-order valence-corrected chi connectivity index (χ2v) is 11.7. The van der Waals surface area contributed by atoms with Gasteiger partial charge in [0.2, 0.25) is 17.7 Å². The van der Waals surface area contributed by atoms with Gasteiger partial charge in [-0.1, -0.05) is 53.2 Å². The number of aliphatic hydroxyl groups excluding tert-OH is 1. The number of likely N-dealkylation sites (tertiary alicyclic amines) is 1. The monoisotopic (exact) mass is 523 g/mol. The predicted molar refractivity (Wildman–Crippen MR) is 127 cm³/mol. The first-order valence-electron chi connectivity index (χ1n) is 11.2. The van der Waals surface area contributed by atoms with E-state index in [4.69, 9.17) is 0 Å². The van der Waals surface area contributed by atoms with Gasteiger partial charge in [-0.15, -0.1) is 11.8 Å². The van der Waals surface area contributed by atoms with Gasteiger partial charge >= 0.3 is 0 Å². The van der Waals surface area contributed by atoms with E-state index in [1.807, 2.05) is 37.3 Å². The number of hydrogen-bond donors (Lipinski definition) is 3. The normalized spacial score (nSPS) is 33.8. The van der Waals surface area contributed by atoms with Gasteiger partial charge in [0.25, 0.3) is 0 Å². The molecular weight excluding hydrogens is 494 g/mol. The SMILES string of the molecule is CCCNC(=O)[C@H]1[C@@H]2SC3(CC2Br)C(C(=O)NCc2ccccc2)N([C@H](C)CO)C(=O)[C@H]13. The van der Waals surface area contributed by atoms with Crippen molar-refractivity contribution in [2.45, 2.75) is 60.1 Å². The predicted octanol–water partition coefficient (Wildman–Crippen LogP) is 1.67. The first-order valence-corrected chi connectivity index (χ1v) is 13.0. The average Bonchev–Trinajstić information content (AvgIpc) is 3.39. The van der Waals surface area contributed by atoms with Gasteiger partial charge in [-0.3, -0.25) is 14.4 Å². The van der Waals surface area contributed by atoms with Gasteiger partial charge in [0.1, 0.15) is 6.04 Å². The van der Waals surface area contributed by atoms with E-state index in [9.17, 15) is 19.5 Å². The van der Waals surface area contributed by atoms with E-state index in [0.717, 1.165) is 12.0 Å². The number of hydrogen-bond acceptors (Lipinski definition) is 5. The second-order valence-electron chi connectivity index (χ2n) is 8.94. The molecule has 0 aromatic heterocycles. The van der Waals surface area contributed by atoms with Crippen LogP contribution in [0.5, 0.6) is 0 Å². The lowest BCUT2D eigenvalue weighted by Crippen LogP contribution is -2.56. The van der Waals surface area contributed by atoms with E-state index in [1.165, 1.54) is 0 Å². The van der Waals surface area contributed by atoms with Crippen LogP contribution in [-0.2, 0) is 20.9 Å². The summed E-state index contributed by atoms with van der Waals surface area (Å²) in [4.78, 5) is 41.9. The first-order chi connectivity index (χ1) is 15.4. The van der Waals surface area contributed by atoms with Crippen molar-refractivity contribution in [3.8, 4) is 0 Å². The third kappa shape index (κ3) is 3.76. The number of alkyl halides is 1. The summed E-state index contributed by atoms with van der Waals surface area (Å²) in [5.74, 6) is -1.59. The molecule has 4 rings (SSSR count). The Morgan fingerprint density at radius 3 is 2.66 bits per heavy atom. The Hall–Kier alpha value is -1.58.